The van der Waals surface area contributed by atoms with Gasteiger partial charge in [-0.25, -0.2) is 4.79 Å². The summed E-state index contributed by atoms with van der Waals surface area (Å²) in [7, 11) is 0. The Morgan fingerprint density at radius 3 is 2.64 bits per heavy atom. The first kappa shape index (κ1) is 11.5. The average Bonchev–Trinajstić information content (AvgIpc) is 2.10. The molecule has 1 saturated carbocycles. The van der Waals surface area contributed by atoms with Crippen LogP contribution in [0.5, 0.6) is 0 Å². The number of esters is 1. The topological polar surface area (TPSA) is 55.4 Å². The second kappa shape index (κ2) is 5.34. The Balaban J connectivity index is 2.12. The van der Waals surface area contributed by atoms with Crippen LogP contribution in [0.2, 0.25) is 0 Å². The monoisotopic (exact) mass is 263 g/mol. The zero-order valence-electron chi connectivity index (χ0n) is 8.09. The van der Waals surface area contributed by atoms with E-state index < -0.39 is 11.9 Å². The maximum atomic E-state index is 11.1. The Morgan fingerprint density at radius 1 is 1.50 bits per heavy atom. The quantitative estimate of drug-likeness (QED) is 0.467. The van der Waals surface area contributed by atoms with Gasteiger partial charge < -0.3 is 10.1 Å². The summed E-state index contributed by atoms with van der Waals surface area (Å²) < 4.78 is 4.55. The molecule has 1 amide bonds. The van der Waals surface area contributed by atoms with Crippen molar-refractivity contribution >= 4 is 27.8 Å². The van der Waals surface area contributed by atoms with E-state index in [1.54, 1.807) is 6.92 Å². The van der Waals surface area contributed by atoms with Gasteiger partial charge in [-0.2, -0.15) is 0 Å². The number of halogens is 1. The summed E-state index contributed by atoms with van der Waals surface area (Å²) in [6, 6.07) is 0. The zero-order valence-corrected chi connectivity index (χ0v) is 9.67. The van der Waals surface area contributed by atoms with Gasteiger partial charge in [-0.3, -0.25) is 4.79 Å². The van der Waals surface area contributed by atoms with Crippen LogP contribution in [0.4, 0.5) is 0 Å². The third-order valence-electron chi connectivity index (χ3n) is 2.19. The van der Waals surface area contributed by atoms with Crippen LogP contribution in [0.3, 0.4) is 0 Å². The summed E-state index contributed by atoms with van der Waals surface area (Å²) in [5.74, 6) is -0.926. The average molecular weight is 264 g/mol. The second-order valence-electron chi connectivity index (χ2n) is 3.37. The lowest BCUT2D eigenvalue weighted by atomic mass is 9.85. The number of alkyl halides is 1. The first-order chi connectivity index (χ1) is 6.63. The number of rotatable bonds is 3. The summed E-state index contributed by atoms with van der Waals surface area (Å²) >= 11 is 3.46. The third kappa shape index (κ3) is 3.29. The summed E-state index contributed by atoms with van der Waals surface area (Å²) in [6.45, 7) is 2.48. The van der Waals surface area contributed by atoms with E-state index in [-0.39, 0.29) is 6.61 Å². The van der Waals surface area contributed by atoms with Crippen molar-refractivity contribution in [3.8, 4) is 0 Å². The van der Waals surface area contributed by atoms with Crippen molar-refractivity contribution in [3.63, 3.8) is 0 Å². The molecule has 0 aromatic heterocycles. The number of amides is 1. The summed E-state index contributed by atoms with van der Waals surface area (Å²) in [5.41, 5.74) is 0. The highest BCUT2D eigenvalue weighted by Crippen LogP contribution is 2.32. The predicted molar refractivity (Wildman–Crippen MR) is 55.1 cm³/mol. The highest BCUT2D eigenvalue weighted by atomic mass is 79.9. The van der Waals surface area contributed by atoms with E-state index >= 15 is 0 Å². The standard InChI is InChI=1S/C9H14BrNO3/c1-2-14-9(13)8(12)11-5-6-3-7(10)4-6/h6-7H,2-5H2,1H3,(H,11,12). The molecule has 0 aliphatic heterocycles. The molecule has 1 aliphatic rings. The van der Waals surface area contributed by atoms with Gasteiger partial charge in [0.2, 0.25) is 0 Å². The SMILES string of the molecule is CCOC(=O)C(=O)NCC1CC(Br)C1. The minimum absolute atomic E-state index is 0.235. The fraction of sp³-hybridized carbons (Fsp3) is 0.778. The van der Waals surface area contributed by atoms with Gasteiger partial charge >= 0.3 is 11.9 Å². The molecule has 0 saturated heterocycles. The molecule has 0 radical (unpaired) electrons. The number of carbonyl (C=O) groups is 2. The molecule has 5 heteroatoms. The first-order valence-electron chi connectivity index (χ1n) is 4.72. The van der Waals surface area contributed by atoms with E-state index in [0.717, 1.165) is 12.8 Å². The first-order valence-corrected chi connectivity index (χ1v) is 5.64. The van der Waals surface area contributed by atoms with Crippen molar-refractivity contribution in [2.45, 2.75) is 24.6 Å². The molecule has 0 atom stereocenters. The lowest BCUT2D eigenvalue weighted by molar-refractivity contribution is -0.154. The minimum atomic E-state index is -0.790. The Kier molecular flexibility index (Phi) is 4.38. The van der Waals surface area contributed by atoms with Crippen LogP contribution in [0.1, 0.15) is 19.8 Å². The van der Waals surface area contributed by atoms with Gasteiger partial charge in [0.25, 0.3) is 0 Å². The van der Waals surface area contributed by atoms with Gasteiger partial charge in [-0.1, -0.05) is 15.9 Å². The van der Waals surface area contributed by atoms with Crippen LogP contribution in [0.25, 0.3) is 0 Å². The Hall–Kier alpha value is -0.580. The van der Waals surface area contributed by atoms with Crippen LogP contribution in [-0.2, 0) is 14.3 Å². The lowest BCUT2D eigenvalue weighted by Gasteiger charge is -2.30. The maximum Gasteiger partial charge on any atom is 0.396 e. The number of ether oxygens (including phenoxy) is 1. The molecule has 0 bridgehead atoms. The van der Waals surface area contributed by atoms with Gasteiger partial charge in [0.15, 0.2) is 0 Å². The highest BCUT2D eigenvalue weighted by Gasteiger charge is 2.27. The van der Waals surface area contributed by atoms with Gasteiger partial charge in [0.1, 0.15) is 0 Å². The fourth-order valence-electron chi connectivity index (χ4n) is 1.33. The number of nitrogens with one attached hydrogen (secondary N) is 1. The fourth-order valence-corrected chi connectivity index (χ4v) is 2.38. The van der Waals surface area contributed by atoms with E-state index in [1.165, 1.54) is 0 Å². The third-order valence-corrected chi connectivity index (χ3v) is 2.94. The normalized spacial score (nSPS) is 25.0. The van der Waals surface area contributed by atoms with E-state index in [9.17, 15) is 9.59 Å². The molecule has 80 valence electrons. The molecule has 0 unspecified atom stereocenters. The van der Waals surface area contributed by atoms with Gasteiger partial charge in [0.05, 0.1) is 6.61 Å². The summed E-state index contributed by atoms with van der Waals surface area (Å²) in [4.78, 5) is 22.5. The van der Waals surface area contributed by atoms with Crippen molar-refractivity contribution in [2.24, 2.45) is 5.92 Å². The number of carbonyl (C=O) groups excluding carboxylic acids is 2. The predicted octanol–water partition coefficient (Wildman–Crippen LogP) is 0.839. The van der Waals surface area contributed by atoms with E-state index in [1.807, 2.05) is 0 Å². The molecule has 0 aromatic carbocycles. The minimum Gasteiger partial charge on any atom is -0.459 e. The number of hydrogen-bond donors (Lipinski definition) is 1. The largest absolute Gasteiger partial charge is 0.459 e. The molecule has 1 rings (SSSR count). The number of hydrogen-bond acceptors (Lipinski definition) is 3. The van der Waals surface area contributed by atoms with Gasteiger partial charge in [-0.15, -0.1) is 0 Å². The molecule has 0 spiro atoms. The van der Waals surface area contributed by atoms with Crippen LogP contribution in [0.15, 0.2) is 0 Å². The summed E-state index contributed by atoms with van der Waals surface area (Å²) in [6.07, 6.45) is 2.12. The summed E-state index contributed by atoms with van der Waals surface area (Å²) in [5, 5.41) is 2.56. The van der Waals surface area contributed by atoms with Crippen LogP contribution in [0, 0.1) is 5.92 Å². The molecule has 1 fully saturated rings. The molecule has 1 N–H and O–H groups in total. The van der Waals surface area contributed by atoms with Gasteiger partial charge in [-0.05, 0) is 25.7 Å². The molecule has 0 heterocycles. The second-order valence-corrected chi connectivity index (χ2v) is 4.66. The van der Waals surface area contributed by atoms with E-state index in [0.29, 0.717) is 17.3 Å². The molecule has 14 heavy (non-hydrogen) atoms. The van der Waals surface area contributed by atoms with Crippen molar-refractivity contribution in [1.29, 1.82) is 0 Å². The molecular weight excluding hydrogens is 250 g/mol. The maximum absolute atomic E-state index is 11.1. The molecule has 1 aliphatic carbocycles. The highest BCUT2D eigenvalue weighted by molar-refractivity contribution is 9.09. The van der Waals surface area contributed by atoms with Gasteiger partial charge in [0, 0.05) is 11.4 Å². The van der Waals surface area contributed by atoms with Crippen molar-refractivity contribution in [2.75, 3.05) is 13.2 Å². The Labute approximate surface area is 91.5 Å². The zero-order chi connectivity index (χ0) is 10.6. The molecular formula is C9H14BrNO3. The van der Waals surface area contributed by atoms with Crippen LogP contribution < -0.4 is 5.32 Å². The van der Waals surface area contributed by atoms with Crippen LogP contribution in [-0.4, -0.2) is 29.9 Å². The van der Waals surface area contributed by atoms with Crippen molar-refractivity contribution in [1.82, 2.24) is 5.32 Å². The van der Waals surface area contributed by atoms with E-state index in [2.05, 4.69) is 26.0 Å². The smallest absolute Gasteiger partial charge is 0.396 e. The molecule has 4 nitrogen and oxygen atoms in total. The van der Waals surface area contributed by atoms with E-state index in [4.69, 9.17) is 0 Å². The molecule has 0 aromatic rings. The van der Waals surface area contributed by atoms with Crippen LogP contribution >= 0.6 is 15.9 Å². The van der Waals surface area contributed by atoms with Crippen molar-refractivity contribution in [3.05, 3.63) is 0 Å². The Morgan fingerprint density at radius 2 is 2.14 bits per heavy atom. The Bertz CT molecular complexity index is 226. The van der Waals surface area contributed by atoms with Crippen molar-refractivity contribution < 1.29 is 14.3 Å². The lowest BCUT2D eigenvalue weighted by Crippen LogP contribution is -2.39.